The maximum absolute atomic E-state index is 10.1. The van der Waals surface area contributed by atoms with Crippen molar-refractivity contribution in [3.8, 4) is 0 Å². The third kappa shape index (κ3) is 2.82. The van der Waals surface area contributed by atoms with Crippen molar-refractivity contribution in [2.24, 2.45) is 5.92 Å². The standard InChI is InChI=1S/C7H12O3/c8-6(4-7(9)10)3-5-1-2-5/h5-6,8H,1-4H2,(H,9,10)/t6-/m0/s1. The fourth-order valence-corrected chi connectivity index (χ4v) is 1.02. The van der Waals surface area contributed by atoms with E-state index in [0.29, 0.717) is 12.3 Å². The van der Waals surface area contributed by atoms with Gasteiger partial charge < -0.3 is 10.2 Å². The van der Waals surface area contributed by atoms with E-state index in [2.05, 4.69) is 0 Å². The van der Waals surface area contributed by atoms with Gasteiger partial charge in [0.25, 0.3) is 0 Å². The minimum atomic E-state index is -0.909. The zero-order chi connectivity index (χ0) is 7.56. The summed E-state index contributed by atoms with van der Waals surface area (Å²) in [4.78, 5) is 10.1. The topological polar surface area (TPSA) is 57.5 Å². The number of aliphatic hydroxyl groups excluding tert-OH is 1. The van der Waals surface area contributed by atoms with Gasteiger partial charge in [-0.3, -0.25) is 4.79 Å². The van der Waals surface area contributed by atoms with Gasteiger partial charge in [0.15, 0.2) is 0 Å². The number of carboxylic acids is 1. The first-order chi connectivity index (χ1) is 4.68. The van der Waals surface area contributed by atoms with Crippen LogP contribution >= 0.6 is 0 Å². The number of aliphatic hydroxyl groups is 1. The molecule has 3 nitrogen and oxygen atoms in total. The highest BCUT2D eigenvalue weighted by atomic mass is 16.4. The first kappa shape index (κ1) is 7.54. The van der Waals surface area contributed by atoms with Gasteiger partial charge in [0, 0.05) is 0 Å². The largest absolute Gasteiger partial charge is 0.481 e. The molecule has 3 heteroatoms. The van der Waals surface area contributed by atoms with Crippen molar-refractivity contribution in [1.82, 2.24) is 0 Å². The van der Waals surface area contributed by atoms with Gasteiger partial charge in [-0.1, -0.05) is 12.8 Å². The Hall–Kier alpha value is -0.570. The molecule has 0 radical (unpaired) electrons. The lowest BCUT2D eigenvalue weighted by Gasteiger charge is -2.04. The Balaban J connectivity index is 2.07. The maximum Gasteiger partial charge on any atom is 0.305 e. The summed E-state index contributed by atoms with van der Waals surface area (Å²) < 4.78 is 0. The highest BCUT2D eigenvalue weighted by molar-refractivity contribution is 5.67. The van der Waals surface area contributed by atoms with E-state index in [0.717, 1.165) is 12.8 Å². The van der Waals surface area contributed by atoms with Crippen molar-refractivity contribution >= 4 is 5.97 Å². The lowest BCUT2D eigenvalue weighted by atomic mass is 10.1. The van der Waals surface area contributed by atoms with Crippen molar-refractivity contribution < 1.29 is 15.0 Å². The van der Waals surface area contributed by atoms with Gasteiger partial charge in [0.05, 0.1) is 12.5 Å². The number of carboxylic acid groups (broad SMARTS) is 1. The second-order valence-corrected chi connectivity index (χ2v) is 2.93. The van der Waals surface area contributed by atoms with Crippen molar-refractivity contribution in [3.63, 3.8) is 0 Å². The third-order valence-electron chi connectivity index (χ3n) is 1.71. The maximum atomic E-state index is 10.1. The molecule has 0 spiro atoms. The molecule has 0 aromatic heterocycles. The molecule has 1 aliphatic rings. The average molecular weight is 144 g/mol. The van der Waals surface area contributed by atoms with Crippen LogP contribution in [0.25, 0.3) is 0 Å². The van der Waals surface area contributed by atoms with Gasteiger partial charge in [0.2, 0.25) is 0 Å². The van der Waals surface area contributed by atoms with Crippen LogP contribution in [0.3, 0.4) is 0 Å². The number of carbonyl (C=O) groups is 1. The van der Waals surface area contributed by atoms with Crippen molar-refractivity contribution in [2.75, 3.05) is 0 Å². The second-order valence-electron chi connectivity index (χ2n) is 2.93. The molecule has 10 heavy (non-hydrogen) atoms. The fourth-order valence-electron chi connectivity index (χ4n) is 1.02. The van der Waals surface area contributed by atoms with Crippen LogP contribution in [0.15, 0.2) is 0 Å². The van der Waals surface area contributed by atoms with Gasteiger partial charge >= 0.3 is 5.97 Å². The predicted octanol–water partition coefficient (Wildman–Crippen LogP) is 0.622. The van der Waals surface area contributed by atoms with Gasteiger partial charge in [-0.05, 0) is 12.3 Å². The van der Waals surface area contributed by atoms with E-state index >= 15 is 0 Å². The zero-order valence-corrected chi connectivity index (χ0v) is 5.79. The van der Waals surface area contributed by atoms with E-state index in [4.69, 9.17) is 10.2 Å². The zero-order valence-electron chi connectivity index (χ0n) is 5.79. The Bertz CT molecular complexity index is 129. The summed E-state index contributed by atoms with van der Waals surface area (Å²) in [6, 6.07) is 0. The Morgan fingerprint density at radius 2 is 2.20 bits per heavy atom. The lowest BCUT2D eigenvalue weighted by Crippen LogP contribution is -2.13. The molecule has 1 saturated carbocycles. The molecular weight excluding hydrogens is 132 g/mol. The van der Waals surface area contributed by atoms with Gasteiger partial charge in [-0.2, -0.15) is 0 Å². The summed E-state index contributed by atoms with van der Waals surface area (Å²) in [5.41, 5.74) is 0. The molecule has 1 fully saturated rings. The molecule has 58 valence electrons. The van der Waals surface area contributed by atoms with Gasteiger partial charge in [-0.15, -0.1) is 0 Å². The third-order valence-corrected chi connectivity index (χ3v) is 1.71. The molecule has 0 bridgehead atoms. The molecular formula is C7H12O3. The van der Waals surface area contributed by atoms with Crippen molar-refractivity contribution in [2.45, 2.75) is 31.8 Å². The van der Waals surface area contributed by atoms with E-state index in [1.54, 1.807) is 0 Å². The molecule has 0 aromatic carbocycles. The SMILES string of the molecule is O=C(O)C[C@@H](O)CC1CC1. The van der Waals surface area contributed by atoms with Gasteiger partial charge in [0.1, 0.15) is 0 Å². The van der Waals surface area contributed by atoms with E-state index in [1.807, 2.05) is 0 Å². The normalized spacial score (nSPS) is 20.5. The van der Waals surface area contributed by atoms with E-state index < -0.39 is 12.1 Å². The Kier molecular flexibility index (Phi) is 2.27. The summed E-state index contributed by atoms with van der Waals surface area (Å²) in [6.45, 7) is 0. The molecule has 0 saturated heterocycles. The molecule has 1 aliphatic carbocycles. The van der Waals surface area contributed by atoms with Crippen LogP contribution in [0, 0.1) is 5.92 Å². The van der Waals surface area contributed by atoms with Crippen LogP contribution in [-0.4, -0.2) is 22.3 Å². The molecule has 0 unspecified atom stereocenters. The first-order valence-electron chi connectivity index (χ1n) is 3.58. The molecule has 1 atom stereocenters. The van der Waals surface area contributed by atoms with Crippen molar-refractivity contribution in [3.05, 3.63) is 0 Å². The Labute approximate surface area is 59.7 Å². The van der Waals surface area contributed by atoms with Crippen LogP contribution in [0.2, 0.25) is 0 Å². The summed E-state index contributed by atoms with van der Waals surface area (Å²) in [5.74, 6) is -0.303. The smallest absolute Gasteiger partial charge is 0.305 e. The van der Waals surface area contributed by atoms with Crippen LogP contribution in [0.5, 0.6) is 0 Å². The summed E-state index contributed by atoms with van der Waals surface area (Å²) in [5, 5.41) is 17.3. The highest BCUT2D eigenvalue weighted by Crippen LogP contribution is 2.33. The summed E-state index contributed by atoms with van der Waals surface area (Å²) in [6.07, 6.45) is 2.28. The minimum absolute atomic E-state index is 0.101. The lowest BCUT2D eigenvalue weighted by molar-refractivity contribution is -0.139. The van der Waals surface area contributed by atoms with Crippen LogP contribution in [0.1, 0.15) is 25.7 Å². The number of aliphatic carboxylic acids is 1. The van der Waals surface area contributed by atoms with E-state index in [9.17, 15) is 4.79 Å². The predicted molar refractivity (Wildman–Crippen MR) is 35.6 cm³/mol. The van der Waals surface area contributed by atoms with Crippen LogP contribution in [-0.2, 0) is 4.79 Å². The molecule has 0 aromatic rings. The minimum Gasteiger partial charge on any atom is -0.481 e. The Morgan fingerprint density at radius 1 is 1.60 bits per heavy atom. The molecule has 0 heterocycles. The van der Waals surface area contributed by atoms with E-state index in [-0.39, 0.29) is 6.42 Å². The molecule has 0 aliphatic heterocycles. The highest BCUT2D eigenvalue weighted by Gasteiger charge is 2.25. The quantitative estimate of drug-likeness (QED) is 0.608. The van der Waals surface area contributed by atoms with Crippen molar-refractivity contribution in [1.29, 1.82) is 0 Å². The average Bonchev–Trinajstić information content (AvgIpc) is 2.46. The van der Waals surface area contributed by atoms with Crippen LogP contribution in [0.4, 0.5) is 0 Å². The monoisotopic (exact) mass is 144 g/mol. The first-order valence-corrected chi connectivity index (χ1v) is 3.58. The van der Waals surface area contributed by atoms with Gasteiger partial charge in [-0.25, -0.2) is 0 Å². The molecule has 2 N–H and O–H groups in total. The summed E-state index contributed by atoms with van der Waals surface area (Å²) in [7, 11) is 0. The molecule has 0 amide bonds. The fraction of sp³-hybridized carbons (Fsp3) is 0.857. The number of hydrogen-bond acceptors (Lipinski definition) is 2. The number of hydrogen-bond donors (Lipinski definition) is 2. The van der Waals surface area contributed by atoms with Crippen LogP contribution < -0.4 is 0 Å². The Morgan fingerprint density at radius 3 is 2.60 bits per heavy atom. The van der Waals surface area contributed by atoms with E-state index in [1.165, 1.54) is 0 Å². The molecule has 1 rings (SSSR count). The second kappa shape index (κ2) is 3.01. The number of rotatable bonds is 4. The summed E-state index contributed by atoms with van der Waals surface area (Å²) >= 11 is 0.